The van der Waals surface area contributed by atoms with Gasteiger partial charge in [-0.15, -0.1) is 11.3 Å². The number of piperazine rings is 1. The van der Waals surface area contributed by atoms with E-state index in [1.807, 2.05) is 18.2 Å². The van der Waals surface area contributed by atoms with Gasteiger partial charge in [0, 0.05) is 44.0 Å². The summed E-state index contributed by atoms with van der Waals surface area (Å²) in [4.78, 5) is 32.0. The lowest BCUT2D eigenvalue weighted by molar-refractivity contribution is -0.130. The highest BCUT2D eigenvalue weighted by Crippen LogP contribution is 2.33. The number of nitrogens with zero attached hydrogens (tertiary/aromatic N) is 3. The summed E-state index contributed by atoms with van der Waals surface area (Å²) in [6, 6.07) is 5.55. The maximum atomic E-state index is 12.7. The van der Waals surface area contributed by atoms with Gasteiger partial charge in [-0.3, -0.25) is 9.59 Å². The fourth-order valence-corrected chi connectivity index (χ4v) is 3.65. The predicted molar refractivity (Wildman–Crippen MR) is 98.8 cm³/mol. The van der Waals surface area contributed by atoms with Gasteiger partial charge in [0.25, 0.3) is 5.91 Å². The average molecular weight is 375 g/mol. The van der Waals surface area contributed by atoms with Crippen LogP contribution in [-0.4, -0.2) is 67.0 Å². The third-order valence-electron chi connectivity index (χ3n) is 4.37. The Labute approximate surface area is 156 Å². The van der Waals surface area contributed by atoms with Crippen molar-refractivity contribution in [3.05, 3.63) is 29.3 Å². The molecule has 0 radical (unpaired) electrons. The van der Waals surface area contributed by atoms with Gasteiger partial charge in [0.2, 0.25) is 5.91 Å². The van der Waals surface area contributed by atoms with E-state index in [0.717, 1.165) is 10.6 Å². The second kappa shape index (κ2) is 7.74. The molecule has 0 unspecified atom stereocenters. The smallest absolute Gasteiger partial charge is 0.273 e. The van der Waals surface area contributed by atoms with Crippen molar-refractivity contribution < 1.29 is 19.1 Å². The topological polar surface area (TPSA) is 72.0 Å². The number of hydrogen-bond acceptors (Lipinski definition) is 6. The highest BCUT2D eigenvalue weighted by molar-refractivity contribution is 7.13. The Kier molecular flexibility index (Phi) is 5.41. The Morgan fingerprint density at radius 1 is 1.04 bits per heavy atom. The number of carbonyl (C=O) groups excluding carboxylic acids is 2. The summed E-state index contributed by atoms with van der Waals surface area (Å²) >= 11 is 1.41. The zero-order valence-electron chi connectivity index (χ0n) is 15.0. The molecule has 0 spiro atoms. The standard InChI is InChI=1S/C18H21N3O4S/c1-12(22)20-6-8-21(9-7-20)18(23)14-11-26-17(19-14)13-4-5-15(24-2)16(10-13)25-3/h4-5,10-11H,6-9H2,1-3H3. The molecule has 1 aliphatic heterocycles. The van der Waals surface area contributed by atoms with Gasteiger partial charge in [0.05, 0.1) is 14.2 Å². The van der Waals surface area contributed by atoms with Crippen molar-refractivity contribution in [2.45, 2.75) is 6.92 Å². The molecule has 1 aliphatic rings. The van der Waals surface area contributed by atoms with E-state index in [9.17, 15) is 9.59 Å². The predicted octanol–water partition coefficient (Wildman–Crippen LogP) is 2.13. The molecule has 26 heavy (non-hydrogen) atoms. The van der Waals surface area contributed by atoms with Crippen LogP contribution >= 0.6 is 11.3 Å². The third-order valence-corrected chi connectivity index (χ3v) is 5.26. The maximum absolute atomic E-state index is 12.7. The molecular formula is C18H21N3O4S. The number of methoxy groups -OCH3 is 2. The fraction of sp³-hybridized carbons (Fsp3) is 0.389. The molecule has 138 valence electrons. The van der Waals surface area contributed by atoms with Crippen molar-refractivity contribution in [2.24, 2.45) is 0 Å². The van der Waals surface area contributed by atoms with Crippen LogP contribution < -0.4 is 9.47 Å². The van der Waals surface area contributed by atoms with Gasteiger partial charge in [-0.1, -0.05) is 0 Å². The first kappa shape index (κ1) is 18.2. The Morgan fingerprint density at radius 2 is 1.69 bits per heavy atom. The molecule has 0 aliphatic carbocycles. The minimum Gasteiger partial charge on any atom is -0.493 e. The molecule has 0 bridgehead atoms. The molecule has 1 saturated heterocycles. The second-order valence-electron chi connectivity index (χ2n) is 5.91. The molecule has 1 fully saturated rings. The van der Waals surface area contributed by atoms with Crippen molar-refractivity contribution in [2.75, 3.05) is 40.4 Å². The van der Waals surface area contributed by atoms with Crippen LogP contribution in [0.25, 0.3) is 10.6 Å². The third kappa shape index (κ3) is 3.65. The lowest BCUT2D eigenvalue weighted by atomic mass is 10.2. The van der Waals surface area contributed by atoms with Crippen LogP contribution in [0.2, 0.25) is 0 Å². The molecule has 7 nitrogen and oxygen atoms in total. The largest absolute Gasteiger partial charge is 0.493 e. The van der Waals surface area contributed by atoms with Gasteiger partial charge in [0.15, 0.2) is 11.5 Å². The minimum absolute atomic E-state index is 0.0431. The van der Waals surface area contributed by atoms with Crippen LogP contribution in [0, 0.1) is 0 Å². The number of benzene rings is 1. The summed E-state index contributed by atoms with van der Waals surface area (Å²) in [6.07, 6.45) is 0. The van der Waals surface area contributed by atoms with Crippen LogP contribution in [0.15, 0.2) is 23.6 Å². The molecule has 2 aromatic rings. The molecule has 3 rings (SSSR count). The summed E-state index contributed by atoms with van der Waals surface area (Å²) in [7, 11) is 3.17. The van der Waals surface area contributed by atoms with E-state index in [1.54, 1.807) is 36.3 Å². The van der Waals surface area contributed by atoms with Crippen molar-refractivity contribution in [3.8, 4) is 22.1 Å². The summed E-state index contributed by atoms with van der Waals surface area (Å²) in [5, 5.41) is 2.52. The zero-order chi connectivity index (χ0) is 18.7. The van der Waals surface area contributed by atoms with Gasteiger partial charge in [-0.2, -0.15) is 0 Å². The molecule has 1 aromatic heterocycles. The number of ether oxygens (including phenoxy) is 2. The molecule has 1 aromatic carbocycles. The van der Waals surface area contributed by atoms with Crippen molar-refractivity contribution >= 4 is 23.2 Å². The lowest BCUT2D eigenvalue weighted by Crippen LogP contribution is -2.50. The average Bonchev–Trinajstić information content (AvgIpc) is 3.17. The number of carbonyl (C=O) groups is 2. The van der Waals surface area contributed by atoms with E-state index in [4.69, 9.17) is 9.47 Å². The first-order valence-electron chi connectivity index (χ1n) is 8.26. The first-order chi connectivity index (χ1) is 12.5. The monoisotopic (exact) mass is 375 g/mol. The zero-order valence-corrected chi connectivity index (χ0v) is 15.8. The van der Waals surface area contributed by atoms with Crippen LogP contribution in [0.3, 0.4) is 0 Å². The molecule has 8 heteroatoms. The van der Waals surface area contributed by atoms with E-state index in [0.29, 0.717) is 43.4 Å². The van der Waals surface area contributed by atoms with Crippen molar-refractivity contribution in [3.63, 3.8) is 0 Å². The molecular weight excluding hydrogens is 354 g/mol. The Bertz CT molecular complexity index is 813. The second-order valence-corrected chi connectivity index (χ2v) is 6.76. The number of thiazole rings is 1. The summed E-state index contributed by atoms with van der Waals surface area (Å²) in [5.41, 5.74) is 1.30. The van der Waals surface area contributed by atoms with Crippen LogP contribution in [-0.2, 0) is 4.79 Å². The molecule has 0 saturated carbocycles. The quantitative estimate of drug-likeness (QED) is 0.819. The number of hydrogen-bond donors (Lipinski definition) is 0. The highest BCUT2D eigenvalue weighted by Gasteiger charge is 2.25. The fourth-order valence-electron chi connectivity index (χ4n) is 2.86. The van der Waals surface area contributed by atoms with Gasteiger partial charge in [0.1, 0.15) is 10.7 Å². The van der Waals surface area contributed by atoms with Crippen LogP contribution in [0.5, 0.6) is 11.5 Å². The van der Waals surface area contributed by atoms with E-state index in [2.05, 4.69) is 4.98 Å². The van der Waals surface area contributed by atoms with E-state index in [1.165, 1.54) is 11.3 Å². The Balaban J connectivity index is 1.74. The Hall–Kier alpha value is -2.61. The first-order valence-corrected chi connectivity index (χ1v) is 9.14. The highest BCUT2D eigenvalue weighted by atomic mass is 32.1. The van der Waals surface area contributed by atoms with Crippen molar-refractivity contribution in [1.82, 2.24) is 14.8 Å². The number of rotatable bonds is 4. The van der Waals surface area contributed by atoms with Gasteiger partial charge in [-0.05, 0) is 18.2 Å². The van der Waals surface area contributed by atoms with E-state index in [-0.39, 0.29) is 11.8 Å². The molecule has 2 amide bonds. The molecule has 2 heterocycles. The summed E-state index contributed by atoms with van der Waals surface area (Å²) < 4.78 is 10.6. The Morgan fingerprint density at radius 3 is 2.31 bits per heavy atom. The minimum atomic E-state index is -0.101. The van der Waals surface area contributed by atoms with Gasteiger partial charge >= 0.3 is 0 Å². The lowest BCUT2D eigenvalue weighted by Gasteiger charge is -2.33. The van der Waals surface area contributed by atoms with E-state index < -0.39 is 0 Å². The number of aromatic nitrogens is 1. The molecule has 0 N–H and O–H groups in total. The normalized spacial score (nSPS) is 14.3. The van der Waals surface area contributed by atoms with Crippen LogP contribution in [0.4, 0.5) is 0 Å². The van der Waals surface area contributed by atoms with Crippen LogP contribution in [0.1, 0.15) is 17.4 Å². The maximum Gasteiger partial charge on any atom is 0.273 e. The molecule has 0 atom stereocenters. The van der Waals surface area contributed by atoms with Gasteiger partial charge < -0.3 is 19.3 Å². The van der Waals surface area contributed by atoms with E-state index >= 15 is 0 Å². The summed E-state index contributed by atoms with van der Waals surface area (Å²) in [6.45, 7) is 3.73. The SMILES string of the molecule is COc1ccc(-c2nc(C(=O)N3CCN(C(C)=O)CC3)cs2)cc1OC. The summed E-state index contributed by atoms with van der Waals surface area (Å²) in [5.74, 6) is 1.21. The number of amides is 2. The van der Waals surface area contributed by atoms with Crippen molar-refractivity contribution in [1.29, 1.82) is 0 Å². The van der Waals surface area contributed by atoms with Gasteiger partial charge in [-0.25, -0.2) is 4.98 Å².